The number of ether oxygens (including phenoxy) is 1. The molecular formula is C27H32ClN3O4. The summed E-state index contributed by atoms with van der Waals surface area (Å²) in [4.78, 5) is 21.7. The van der Waals surface area contributed by atoms with Crippen LogP contribution >= 0.6 is 11.6 Å². The van der Waals surface area contributed by atoms with Crippen molar-refractivity contribution in [3.05, 3.63) is 76.3 Å². The highest BCUT2D eigenvalue weighted by Crippen LogP contribution is 2.40. The predicted octanol–water partition coefficient (Wildman–Crippen LogP) is 6.65. The zero-order valence-electron chi connectivity index (χ0n) is 21.3. The lowest BCUT2D eigenvalue weighted by molar-refractivity contribution is -0.160. The number of allylic oxidation sites excluding steroid dienone is 5. The summed E-state index contributed by atoms with van der Waals surface area (Å²) in [7, 11) is 0. The summed E-state index contributed by atoms with van der Waals surface area (Å²) in [5, 5.41) is 11.5. The van der Waals surface area contributed by atoms with E-state index in [1.54, 1.807) is 12.3 Å². The first-order valence-corrected chi connectivity index (χ1v) is 11.7. The normalized spacial score (nSPS) is 13.7. The summed E-state index contributed by atoms with van der Waals surface area (Å²) < 4.78 is 13.3. The van der Waals surface area contributed by atoms with Crippen molar-refractivity contribution in [2.75, 3.05) is 0 Å². The molecule has 0 saturated carbocycles. The summed E-state index contributed by atoms with van der Waals surface area (Å²) in [5.74, 6) is -1.08. The van der Waals surface area contributed by atoms with Crippen molar-refractivity contribution in [3.8, 4) is 0 Å². The highest BCUT2D eigenvalue weighted by Gasteiger charge is 2.33. The predicted molar refractivity (Wildman–Crippen MR) is 139 cm³/mol. The maximum Gasteiger partial charge on any atom is 0.337 e. The molecular weight excluding hydrogens is 466 g/mol. The Bertz CT molecular complexity index is 1330. The third-order valence-corrected chi connectivity index (χ3v) is 5.92. The summed E-state index contributed by atoms with van der Waals surface area (Å²) >= 11 is 6.04. The van der Waals surface area contributed by atoms with Crippen molar-refractivity contribution in [2.24, 2.45) is 0 Å². The number of carboxylic acids is 1. The van der Waals surface area contributed by atoms with Crippen molar-refractivity contribution in [2.45, 2.75) is 66.7 Å². The van der Waals surface area contributed by atoms with Gasteiger partial charge in [-0.1, -0.05) is 30.3 Å². The molecule has 3 rings (SSSR count). The van der Waals surface area contributed by atoms with E-state index in [4.69, 9.17) is 25.7 Å². The van der Waals surface area contributed by atoms with Crippen molar-refractivity contribution in [1.29, 1.82) is 0 Å². The van der Waals surface area contributed by atoms with Crippen molar-refractivity contribution in [3.63, 3.8) is 0 Å². The summed E-state index contributed by atoms with van der Waals surface area (Å²) in [6.45, 7) is 17.5. The van der Waals surface area contributed by atoms with Crippen LogP contribution in [0.3, 0.4) is 0 Å². The molecule has 0 aliphatic rings. The minimum atomic E-state index is -1.22. The topological polar surface area (TPSA) is 90.4 Å². The number of fused-ring (bicyclic) bond motifs is 1. The van der Waals surface area contributed by atoms with Crippen LogP contribution in [0, 0.1) is 20.8 Å². The van der Waals surface area contributed by atoms with Crippen LogP contribution in [-0.4, -0.2) is 31.2 Å². The number of aliphatic carboxylic acids is 1. The monoisotopic (exact) mass is 497 g/mol. The number of hydrogen-bond acceptors (Lipinski definition) is 5. The van der Waals surface area contributed by atoms with E-state index >= 15 is 0 Å². The van der Waals surface area contributed by atoms with Gasteiger partial charge in [0.25, 0.3) is 0 Å². The zero-order valence-corrected chi connectivity index (χ0v) is 22.0. The Morgan fingerprint density at radius 2 is 2.00 bits per heavy atom. The van der Waals surface area contributed by atoms with E-state index < -0.39 is 17.7 Å². The first kappa shape index (κ1) is 26.4. The van der Waals surface area contributed by atoms with Gasteiger partial charge < -0.3 is 18.8 Å². The lowest BCUT2D eigenvalue weighted by Gasteiger charge is -2.28. The van der Waals surface area contributed by atoms with Crippen LogP contribution in [0.2, 0.25) is 0 Å². The lowest BCUT2D eigenvalue weighted by Crippen LogP contribution is -2.29. The zero-order chi connectivity index (χ0) is 26.1. The van der Waals surface area contributed by atoms with Gasteiger partial charge in [0.2, 0.25) is 0 Å². The van der Waals surface area contributed by atoms with E-state index in [1.807, 2.05) is 60.6 Å². The molecule has 7 nitrogen and oxygen atoms in total. The van der Waals surface area contributed by atoms with Crippen LogP contribution in [0.4, 0.5) is 0 Å². The number of aryl methyl sites for hydroxylation is 2. The molecule has 186 valence electrons. The highest BCUT2D eigenvalue weighted by molar-refractivity contribution is 6.31. The largest absolute Gasteiger partial charge is 0.479 e. The van der Waals surface area contributed by atoms with Gasteiger partial charge >= 0.3 is 5.97 Å². The van der Waals surface area contributed by atoms with Crippen LogP contribution in [0.25, 0.3) is 16.6 Å². The fraction of sp³-hybridized carbons (Fsp3) is 0.370. The summed E-state index contributed by atoms with van der Waals surface area (Å²) in [5.41, 5.74) is 5.42. The van der Waals surface area contributed by atoms with Gasteiger partial charge in [-0.2, -0.15) is 0 Å². The number of halogens is 1. The number of carboxylic acid groups (broad SMARTS) is 1. The first-order chi connectivity index (χ1) is 16.4. The molecule has 0 aliphatic carbocycles. The van der Waals surface area contributed by atoms with E-state index in [9.17, 15) is 9.90 Å². The van der Waals surface area contributed by atoms with Gasteiger partial charge in [0.15, 0.2) is 12.5 Å². The fourth-order valence-electron chi connectivity index (χ4n) is 4.18. The smallest absolute Gasteiger partial charge is 0.337 e. The second kappa shape index (κ2) is 10.2. The summed E-state index contributed by atoms with van der Waals surface area (Å²) in [6, 6.07) is 0. The minimum Gasteiger partial charge on any atom is -0.479 e. The Labute approximate surface area is 210 Å². The molecule has 0 spiro atoms. The molecule has 8 heteroatoms. The van der Waals surface area contributed by atoms with Gasteiger partial charge in [-0.15, -0.1) is 0 Å². The molecule has 3 aromatic heterocycles. The Kier molecular flexibility index (Phi) is 7.72. The number of rotatable bonds is 8. The van der Waals surface area contributed by atoms with Crippen LogP contribution in [0.1, 0.15) is 67.6 Å². The molecule has 0 aromatic carbocycles. The lowest BCUT2D eigenvalue weighted by atomic mass is 9.90. The quantitative estimate of drug-likeness (QED) is 0.350. The molecule has 35 heavy (non-hydrogen) atoms. The third-order valence-electron chi connectivity index (χ3n) is 5.79. The molecule has 0 fully saturated rings. The summed E-state index contributed by atoms with van der Waals surface area (Å²) in [6.07, 6.45) is 7.24. The standard InChI is InChI=1S/C27H32ClN3O4/c1-9-19(11-10-15(2)28)23-21-16(3)18(5)31(12-20-13-34-14-29-20)25(21)30-17(4)22(23)24(26(32)33)35-27(6,7)8/h9-11,13-14,24H,2,12H2,1,3-8H3,(H,32,33)/b11-10-,19-9+/t24-/m0/s1. The van der Waals surface area contributed by atoms with Gasteiger partial charge in [0, 0.05) is 32.9 Å². The van der Waals surface area contributed by atoms with Crippen molar-refractivity contribution >= 4 is 34.2 Å². The van der Waals surface area contributed by atoms with Gasteiger partial charge in [-0.05, 0) is 65.7 Å². The van der Waals surface area contributed by atoms with Crippen LogP contribution in [0.15, 0.2) is 46.9 Å². The minimum absolute atomic E-state index is 0.366. The van der Waals surface area contributed by atoms with Crippen LogP contribution < -0.4 is 0 Å². The number of nitrogens with zero attached hydrogens (tertiary/aromatic N) is 3. The number of aromatic nitrogens is 3. The number of carbonyl (C=O) groups is 1. The Morgan fingerprint density at radius 1 is 1.31 bits per heavy atom. The van der Waals surface area contributed by atoms with Gasteiger partial charge in [-0.25, -0.2) is 14.8 Å². The molecule has 0 saturated heterocycles. The Morgan fingerprint density at radius 3 is 2.51 bits per heavy atom. The van der Waals surface area contributed by atoms with E-state index in [1.165, 1.54) is 6.39 Å². The fourth-order valence-corrected chi connectivity index (χ4v) is 4.24. The van der Waals surface area contributed by atoms with E-state index in [0.717, 1.165) is 39.1 Å². The second-order valence-corrected chi connectivity index (χ2v) is 9.92. The van der Waals surface area contributed by atoms with Crippen molar-refractivity contribution < 1.29 is 19.1 Å². The Hall–Kier alpha value is -3.16. The first-order valence-electron chi connectivity index (χ1n) is 11.3. The van der Waals surface area contributed by atoms with Gasteiger partial charge in [-0.3, -0.25) is 0 Å². The van der Waals surface area contributed by atoms with E-state index in [0.29, 0.717) is 22.8 Å². The van der Waals surface area contributed by atoms with E-state index in [-0.39, 0.29) is 0 Å². The maximum absolute atomic E-state index is 12.5. The van der Waals surface area contributed by atoms with Crippen LogP contribution in [0.5, 0.6) is 0 Å². The average Bonchev–Trinajstić information content (AvgIpc) is 3.34. The molecule has 0 unspecified atom stereocenters. The molecule has 1 atom stereocenters. The van der Waals surface area contributed by atoms with Gasteiger partial charge in [0.05, 0.1) is 17.8 Å². The van der Waals surface area contributed by atoms with Crippen LogP contribution in [-0.2, 0) is 16.1 Å². The maximum atomic E-state index is 12.5. The average molecular weight is 498 g/mol. The molecule has 0 bridgehead atoms. The molecule has 1 N–H and O–H groups in total. The number of hydrogen-bond donors (Lipinski definition) is 1. The molecule has 3 heterocycles. The van der Waals surface area contributed by atoms with Gasteiger partial charge in [0.1, 0.15) is 11.9 Å². The number of oxazole rings is 1. The number of pyridine rings is 1. The van der Waals surface area contributed by atoms with Crippen molar-refractivity contribution in [1.82, 2.24) is 14.5 Å². The molecule has 0 aliphatic heterocycles. The molecule has 0 amide bonds. The highest BCUT2D eigenvalue weighted by atomic mass is 35.5. The van der Waals surface area contributed by atoms with E-state index in [2.05, 4.69) is 16.1 Å². The third kappa shape index (κ3) is 5.57. The molecule has 0 radical (unpaired) electrons. The second-order valence-electron chi connectivity index (χ2n) is 9.43. The molecule has 3 aromatic rings. The SMILES string of the molecule is C=C(Cl)/C=C\C(=C/C)c1c([C@H](OC(C)(C)C)C(=O)O)c(C)nc2c1c(C)c(C)n2Cc1cocn1. The Balaban J connectivity index is 2.45.